The Morgan fingerprint density at radius 3 is 2.90 bits per heavy atom. The lowest BCUT2D eigenvalue weighted by Gasteiger charge is -2.13. The van der Waals surface area contributed by atoms with Crippen LogP contribution in [-0.2, 0) is 6.54 Å². The van der Waals surface area contributed by atoms with Crippen LogP contribution in [0.4, 0.5) is 0 Å². The van der Waals surface area contributed by atoms with Crippen molar-refractivity contribution in [1.29, 1.82) is 0 Å². The van der Waals surface area contributed by atoms with Crippen LogP contribution < -0.4 is 10.9 Å². The van der Waals surface area contributed by atoms with Crippen molar-refractivity contribution in [3.05, 3.63) is 45.9 Å². The molecule has 1 amide bonds. The molecular weight excluding hydrogens is 268 g/mol. The highest BCUT2D eigenvalue weighted by molar-refractivity contribution is 5.93. The van der Waals surface area contributed by atoms with Gasteiger partial charge in [0, 0.05) is 25.4 Å². The van der Waals surface area contributed by atoms with E-state index in [9.17, 15) is 9.59 Å². The molecule has 0 saturated carbocycles. The van der Waals surface area contributed by atoms with Gasteiger partial charge in [-0.3, -0.25) is 9.59 Å². The van der Waals surface area contributed by atoms with E-state index >= 15 is 0 Å². The second-order valence-electron chi connectivity index (χ2n) is 5.29. The molecule has 114 valence electrons. The monoisotopic (exact) mass is 290 g/mol. The van der Waals surface area contributed by atoms with E-state index in [1.807, 2.05) is 0 Å². The van der Waals surface area contributed by atoms with Gasteiger partial charge in [-0.1, -0.05) is 11.6 Å². The molecule has 2 rings (SSSR count). The van der Waals surface area contributed by atoms with Crippen molar-refractivity contribution in [3.63, 3.8) is 0 Å². The van der Waals surface area contributed by atoms with Gasteiger partial charge < -0.3 is 15.0 Å². The van der Waals surface area contributed by atoms with E-state index < -0.39 is 0 Å². The van der Waals surface area contributed by atoms with E-state index in [0.29, 0.717) is 12.1 Å². The van der Waals surface area contributed by atoms with Crippen LogP contribution in [0.15, 0.2) is 34.8 Å². The Morgan fingerprint density at radius 1 is 1.33 bits per heavy atom. The number of rotatable bonds is 6. The number of hydrogen-bond acceptors (Lipinski definition) is 3. The second kappa shape index (κ2) is 7.78. The Bertz CT molecular complexity index is 575. The van der Waals surface area contributed by atoms with E-state index in [1.165, 1.54) is 41.3 Å². The molecule has 0 fully saturated rings. The van der Waals surface area contributed by atoms with Gasteiger partial charge in [-0.05, 0) is 38.2 Å². The summed E-state index contributed by atoms with van der Waals surface area (Å²) >= 11 is 0. The molecule has 1 heterocycles. The fourth-order valence-electron chi connectivity index (χ4n) is 2.52. The van der Waals surface area contributed by atoms with Gasteiger partial charge in [-0.15, -0.1) is 0 Å². The number of carbonyl (C=O) groups excluding carboxylic acids is 1. The molecule has 0 bridgehead atoms. The maximum Gasteiger partial charge on any atom is 0.252 e. The van der Waals surface area contributed by atoms with Crippen LogP contribution in [0, 0.1) is 0 Å². The summed E-state index contributed by atoms with van der Waals surface area (Å²) < 4.78 is 1.35. The van der Waals surface area contributed by atoms with E-state index in [1.54, 1.807) is 0 Å². The predicted molar refractivity (Wildman–Crippen MR) is 81.3 cm³/mol. The van der Waals surface area contributed by atoms with Crippen LogP contribution in [0.5, 0.6) is 0 Å². The molecule has 0 aromatic carbocycles. The van der Waals surface area contributed by atoms with Gasteiger partial charge in [-0.25, -0.2) is 0 Å². The first-order valence-electron chi connectivity index (χ1n) is 7.48. The third kappa shape index (κ3) is 4.56. The van der Waals surface area contributed by atoms with Crippen molar-refractivity contribution in [2.75, 3.05) is 13.2 Å². The van der Waals surface area contributed by atoms with E-state index in [4.69, 9.17) is 5.11 Å². The summed E-state index contributed by atoms with van der Waals surface area (Å²) in [5.41, 5.74) is 1.65. The topological polar surface area (TPSA) is 71.3 Å². The van der Waals surface area contributed by atoms with Crippen LogP contribution in [0.3, 0.4) is 0 Å². The average molecular weight is 290 g/mol. The summed E-state index contributed by atoms with van der Waals surface area (Å²) in [6.45, 7) is 0.690. The summed E-state index contributed by atoms with van der Waals surface area (Å²) in [7, 11) is 0. The minimum Gasteiger partial charge on any atom is -0.395 e. The summed E-state index contributed by atoms with van der Waals surface area (Å²) in [5.74, 6) is -0.182. The molecular formula is C16H22N2O3. The number of nitrogens with zero attached hydrogens (tertiary/aromatic N) is 1. The van der Waals surface area contributed by atoms with Crippen LogP contribution in [0.25, 0.3) is 0 Å². The van der Waals surface area contributed by atoms with Crippen molar-refractivity contribution in [2.45, 2.75) is 38.6 Å². The van der Waals surface area contributed by atoms with Gasteiger partial charge in [0.25, 0.3) is 11.5 Å². The summed E-state index contributed by atoms with van der Waals surface area (Å²) in [5, 5.41) is 11.8. The van der Waals surface area contributed by atoms with E-state index in [-0.39, 0.29) is 24.6 Å². The van der Waals surface area contributed by atoms with Gasteiger partial charge in [0.2, 0.25) is 0 Å². The largest absolute Gasteiger partial charge is 0.395 e. The third-order valence-electron chi connectivity index (χ3n) is 3.70. The number of nitrogens with one attached hydrogen (secondary N) is 1. The number of carbonyl (C=O) groups is 1. The molecule has 1 aromatic heterocycles. The molecule has 0 aliphatic heterocycles. The Morgan fingerprint density at radius 2 is 2.19 bits per heavy atom. The molecule has 0 radical (unpaired) electrons. The fourth-order valence-corrected chi connectivity index (χ4v) is 2.52. The van der Waals surface area contributed by atoms with Gasteiger partial charge in [0.05, 0.1) is 12.2 Å². The standard InChI is InChI=1S/C16H22N2O3/c19-11-10-18-12-14(6-7-15(18)20)16(21)17-9-8-13-4-2-1-3-5-13/h4,6-7,12,19H,1-3,5,8-11H2,(H,17,21). The highest BCUT2D eigenvalue weighted by Crippen LogP contribution is 2.19. The molecule has 1 aliphatic rings. The Balaban J connectivity index is 1.89. The number of aliphatic hydroxyl groups excluding tert-OH is 1. The van der Waals surface area contributed by atoms with Gasteiger partial charge in [-0.2, -0.15) is 0 Å². The Kier molecular flexibility index (Phi) is 5.75. The molecule has 1 aromatic rings. The molecule has 1 aliphatic carbocycles. The van der Waals surface area contributed by atoms with E-state index in [0.717, 1.165) is 19.3 Å². The number of aliphatic hydroxyl groups is 1. The first-order valence-corrected chi connectivity index (χ1v) is 7.48. The molecule has 0 saturated heterocycles. The Hall–Kier alpha value is -1.88. The van der Waals surface area contributed by atoms with Gasteiger partial charge >= 0.3 is 0 Å². The summed E-state index contributed by atoms with van der Waals surface area (Å²) in [6.07, 6.45) is 9.45. The first kappa shape index (κ1) is 15.5. The number of amides is 1. The van der Waals surface area contributed by atoms with Gasteiger partial charge in [0.1, 0.15) is 0 Å². The SMILES string of the molecule is O=C(NCCC1=CCCCC1)c1ccc(=O)n(CCO)c1. The van der Waals surface area contributed by atoms with Crippen LogP contribution in [0.1, 0.15) is 42.5 Å². The molecule has 5 heteroatoms. The van der Waals surface area contributed by atoms with Crippen LogP contribution >= 0.6 is 0 Å². The van der Waals surface area contributed by atoms with Crippen molar-refractivity contribution < 1.29 is 9.90 Å². The normalized spacial score (nSPS) is 14.6. The Labute approximate surface area is 124 Å². The van der Waals surface area contributed by atoms with Crippen molar-refractivity contribution >= 4 is 5.91 Å². The molecule has 0 atom stereocenters. The maximum atomic E-state index is 12.0. The average Bonchev–Trinajstić information content (AvgIpc) is 2.50. The fraction of sp³-hybridized carbons (Fsp3) is 0.500. The third-order valence-corrected chi connectivity index (χ3v) is 3.70. The zero-order chi connectivity index (χ0) is 15.1. The van der Waals surface area contributed by atoms with Crippen molar-refractivity contribution in [1.82, 2.24) is 9.88 Å². The zero-order valence-corrected chi connectivity index (χ0v) is 12.2. The van der Waals surface area contributed by atoms with Crippen LogP contribution in [-0.4, -0.2) is 28.7 Å². The predicted octanol–water partition coefficient (Wildman–Crippen LogP) is 1.46. The van der Waals surface area contributed by atoms with E-state index in [2.05, 4.69) is 11.4 Å². The maximum absolute atomic E-state index is 12.0. The molecule has 2 N–H and O–H groups in total. The number of pyridine rings is 1. The molecule has 5 nitrogen and oxygen atoms in total. The van der Waals surface area contributed by atoms with Crippen molar-refractivity contribution in [3.8, 4) is 0 Å². The van der Waals surface area contributed by atoms with Crippen molar-refractivity contribution in [2.24, 2.45) is 0 Å². The highest BCUT2D eigenvalue weighted by Gasteiger charge is 2.08. The summed E-state index contributed by atoms with van der Waals surface area (Å²) in [4.78, 5) is 23.6. The first-order chi connectivity index (χ1) is 10.2. The lowest BCUT2D eigenvalue weighted by atomic mass is 9.97. The molecule has 0 unspecified atom stereocenters. The number of allylic oxidation sites excluding steroid dienone is 1. The van der Waals surface area contributed by atoms with Gasteiger partial charge in [0.15, 0.2) is 0 Å². The minimum absolute atomic E-state index is 0.126. The molecule has 0 spiro atoms. The number of hydrogen-bond donors (Lipinski definition) is 2. The van der Waals surface area contributed by atoms with Crippen LogP contribution in [0.2, 0.25) is 0 Å². The minimum atomic E-state index is -0.215. The zero-order valence-electron chi connectivity index (χ0n) is 12.2. The highest BCUT2D eigenvalue weighted by atomic mass is 16.3. The second-order valence-corrected chi connectivity index (χ2v) is 5.29. The molecule has 21 heavy (non-hydrogen) atoms. The number of aromatic nitrogens is 1. The lowest BCUT2D eigenvalue weighted by molar-refractivity contribution is 0.0953. The smallest absolute Gasteiger partial charge is 0.252 e. The summed E-state index contributed by atoms with van der Waals surface area (Å²) in [6, 6.07) is 2.87. The quantitative estimate of drug-likeness (QED) is 0.779. The lowest BCUT2D eigenvalue weighted by Crippen LogP contribution is -2.28.